The lowest BCUT2D eigenvalue weighted by Crippen LogP contribution is -2.19. The quantitative estimate of drug-likeness (QED) is 0.366. The van der Waals surface area contributed by atoms with Gasteiger partial charge in [0.1, 0.15) is 11.6 Å². The van der Waals surface area contributed by atoms with E-state index in [4.69, 9.17) is 0 Å². The largest absolute Gasteiger partial charge is 0.325 e. The summed E-state index contributed by atoms with van der Waals surface area (Å²) in [4.78, 5) is 25.3. The Morgan fingerprint density at radius 3 is 2.38 bits per heavy atom. The van der Waals surface area contributed by atoms with Gasteiger partial charge in [0.15, 0.2) is 5.16 Å². The van der Waals surface area contributed by atoms with Gasteiger partial charge in [0.2, 0.25) is 5.91 Å². The number of benzene rings is 3. The predicted molar refractivity (Wildman–Crippen MR) is 130 cm³/mol. The summed E-state index contributed by atoms with van der Waals surface area (Å²) in [7, 11) is 1.87. The smallest absolute Gasteiger partial charge is 0.257 e. The molecule has 0 radical (unpaired) electrons. The highest BCUT2D eigenvalue weighted by Crippen LogP contribution is 2.21. The van der Waals surface area contributed by atoms with Crippen molar-refractivity contribution in [1.29, 1.82) is 0 Å². The number of carbonyl (C=O) groups excluding carboxylic acids is 2. The number of aromatic nitrogens is 3. The molecule has 0 saturated carbocycles. The molecule has 172 valence electrons. The summed E-state index contributed by atoms with van der Waals surface area (Å²) in [5.41, 5.74) is 2.27. The Balaban J connectivity index is 1.36. The van der Waals surface area contributed by atoms with Gasteiger partial charge >= 0.3 is 0 Å². The summed E-state index contributed by atoms with van der Waals surface area (Å²) in [5.74, 6) is -0.172. The van der Waals surface area contributed by atoms with Gasteiger partial charge in [-0.05, 0) is 42.0 Å². The van der Waals surface area contributed by atoms with Gasteiger partial charge in [-0.2, -0.15) is 0 Å². The molecule has 9 heteroatoms. The van der Waals surface area contributed by atoms with Crippen LogP contribution in [-0.4, -0.2) is 32.3 Å². The van der Waals surface area contributed by atoms with Crippen LogP contribution in [0.25, 0.3) is 0 Å². The first-order valence-electron chi connectivity index (χ1n) is 10.5. The molecule has 4 aromatic rings. The molecule has 0 aliphatic heterocycles. The highest BCUT2D eigenvalue weighted by molar-refractivity contribution is 7.99. The normalized spacial score (nSPS) is 10.6. The van der Waals surface area contributed by atoms with Gasteiger partial charge in [0.25, 0.3) is 5.91 Å². The molecule has 0 spiro atoms. The zero-order valence-electron chi connectivity index (χ0n) is 18.4. The molecule has 1 aromatic heterocycles. The molecule has 0 atom stereocenters. The SMILES string of the molecule is Cn1c(Cc2ccccc2)nnc1SCC(=O)Nc1ccccc1C(=O)Nc1ccc(F)cc1. The van der Waals surface area contributed by atoms with Gasteiger partial charge in [-0.25, -0.2) is 4.39 Å². The summed E-state index contributed by atoms with van der Waals surface area (Å²) in [6, 6.07) is 22.1. The first kappa shape index (κ1) is 23.2. The fourth-order valence-corrected chi connectivity index (χ4v) is 3.97. The maximum absolute atomic E-state index is 13.1. The molecule has 0 fully saturated rings. The first-order chi connectivity index (χ1) is 16.5. The second-order valence-electron chi connectivity index (χ2n) is 7.46. The van der Waals surface area contributed by atoms with Gasteiger partial charge in [-0.15, -0.1) is 10.2 Å². The predicted octanol–water partition coefficient (Wildman–Crippen LogP) is 4.53. The average molecular weight is 476 g/mol. The van der Waals surface area contributed by atoms with Crippen molar-refractivity contribution in [3.8, 4) is 0 Å². The van der Waals surface area contributed by atoms with Crippen LogP contribution in [0.15, 0.2) is 84.0 Å². The zero-order chi connectivity index (χ0) is 23.9. The number of amides is 2. The number of nitrogens with one attached hydrogen (secondary N) is 2. The van der Waals surface area contributed by atoms with Crippen molar-refractivity contribution in [3.05, 3.63) is 102 Å². The van der Waals surface area contributed by atoms with Gasteiger partial charge in [-0.3, -0.25) is 9.59 Å². The van der Waals surface area contributed by atoms with Crippen LogP contribution in [0.5, 0.6) is 0 Å². The summed E-state index contributed by atoms with van der Waals surface area (Å²) >= 11 is 1.27. The van der Waals surface area contributed by atoms with Crippen molar-refractivity contribution in [2.45, 2.75) is 11.6 Å². The second-order valence-corrected chi connectivity index (χ2v) is 8.41. The number of thioether (sulfide) groups is 1. The third-order valence-electron chi connectivity index (χ3n) is 5.01. The Labute approximate surface area is 200 Å². The number of hydrogen-bond donors (Lipinski definition) is 2. The molecule has 2 N–H and O–H groups in total. The van der Waals surface area contributed by atoms with E-state index >= 15 is 0 Å². The summed E-state index contributed by atoms with van der Waals surface area (Å²) in [5, 5.41) is 14.6. The molecule has 1 heterocycles. The van der Waals surface area contributed by atoms with Crippen LogP contribution in [-0.2, 0) is 18.3 Å². The third-order valence-corrected chi connectivity index (χ3v) is 6.03. The first-order valence-corrected chi connectivity index (χ1v) is 11.5. The molecule has 0 aliphatic carbocycles. The molecule has 0 aliphatic rings. The standard InChI is InChI=1S/C25H22FN5O2S/c1-31-22(15-17-7-3-2-4-8-17)29-30-25(31)34-16-23(32)28-21-10-6-5-9-20(21)24(33)27-19-13-11-18(26)12-14-19/h2-14H,15-16H2,1H3,(H,27,33)(H,28,32). The van der Waals surface area contributed by atoms with Crippen molar-refractivity contribution < 1.29 is 14.0 Å². The number of hydrogen-bond acceptors (Lipinski definition) is 5. The molecular weight excluding hydrogens is 453 g/mol. The van der Waals surface area contributed by atoms with E-state index in [1.165, 1.54) is 36.0 Å². The average Bonchev–Trinajstić information content (AvgIpc) is 3.19. The minimum Gasteiger partial charge on any atom is -0.325 e. The molecule has 0 saturated heterocycles. The Morgan fingerprint density at radius 2 is 1.62 bits per heavy atom. The maximum atomic E-state index is 13.1. The van der Waals surface area contributed by atoms with Crippen molar-refractivity contribution in [3.63, 3.8) is 0 Å². The Hall–Kier alpha value is -3.98. The van der Waals surface area contributed by atoms with E-state index in [1.807, 2.05) is 41.9 Å². The lowest BCUT2D eigenvalue weighted by atomic mass is 10.1. The van der Waals surface area contributed by atoms with Crippen LogP contribution in [0.3, 0.4) is 0 Å². The molecular formula is C25H22FN5O2S. The van der Waals surface area contributed by atoms with Crippen LogP contribution in [0.4, 0.5) is 15.8 Å². The van der Waals surface area contributed by atoms with Crippen molar-refractivity contribution in [2.75, 3.05) is 16.4 Å². The molecule has 7 nitrogen and oxygen atoms in total. The lowest BCUT2D eigenvalue weighted by molar-refractivity contribution is -0.113. The summed E-state index contributed by atoms with van der Waals surface area (Å²) in [6.45, 7) is 0. The van der Waals surface area contributed by atoms with Gasteiger partial charge < -0.3 is 15.2 Å². The summed E-state index contributed by atoms with van der Waals surface area (Å²) in [6.07, 6.45) is 0.646. The lowest BCUT2D eigenvalue weighted by Gasteiger charge is -2.11. The van der Waals surface area contributed by atoms with Gasteiger partial charge in [-0.1, -0.05) is 54.2 Å². The van der Waals surface area contributed by atoms with E-state index < -0.39 is 11.7 Å². The third kappa shape index (κ3) is 5.87. The summed E-state index contributed by atoms with van der Waals surface area (Å²) < 4.78 is 15.0. The van der Waals surface area contributed by atoms with Crippen LogP contribution < -0.4 is 10.6 Å². The Morgan fingerprint density at radius 1 is 0.912 bits per heavy atom. The molecule has 3 aromatic carbocycles. The fourth-order valence-electron chi connectivity index (χ4n) is 3.24. The second kappa shape index (κ2) is 10.8. The van der Waals surface area contributed by atoms with Crippen molar-refractivity contribution in [1.82, 2.24) is 14.8 Å². The van der Waals surface area contributed by atoms with E-state index in [0.717, 1.165) is 11.4 Å². The molecule has 2 amide bonds. The molecule has 0 bridgehead atoms. The van der Waals surface area contributed by atoms with E-state index in [9.17, 15) is 14.0 Å². The fraction of sp³-hybridized carbons (Fsp3) is 0.120. The van der Waals surface area contributed by atoms with E-state index in [0.29, 0.717) is 28.5 Å². The number of anilines is 2. The highest BCUT2D eigenvalue weighted by atomic mass is 32.2. The molecule has 34 heavy (non-hydrogen) atoms. The monoisotopic (exact) mass is 475 g/mol. The van der Waals surface area contributed by atoms with E-state index in [1.54, 1.807) is 24.3 Å². The number of halogens is 1. The van der Waals surface area contributed by atoms with Crippen LogP contribution in [0, 0.1) is 5.82 Å². The maximum Gasteiger partial charge on any atom is 0.257 e. The van der Waals surface area contributed by atoms with E-state index in [2.05, 4.69) is 20.8 Å². The number of nitrogens with zero attached hydrogens (tertiary/aromatic N) is 3. The molecule has 0 unspecified atom stereocenters. The zero-order valence-corrected chi connectivity index (χ0v) is 19.2. The van der Waals surface area contributed by atoms with Gasteiger partial charge in [0, 0.05) is 19.2 Å². The van der Waals surface area contributed by atoms with Crippen LogP contribution in [0.2, 0.25) is 0 Å². The topological polar surface area (TPSA) is 88.9 Å². The van der Waals surface area contributed by atoms with Crippen molar-refractivity contribution in [2.24, 2.45) is 7.05 Å². The highest BCUT2D eigenvalue weighted by Gasteiger charge is 2.15. The Kier molecular flexibility index (Phi) is 7.34. The van der Waals surface area contributed by atoms with Crippen LogP contribution in [0.1, 0.15) is 21.7 Å². The Bertz CT molecular complexity index is 1290. The van der Waals surface area contributed by atoms with Gasteiger partial charge in [0.05, 0.1) is 17.0 Å². The molecule has 4 rings (SSSR count). The number of carbonyl (C=O) groups is 2. The van der Waals surface area contributed by atoms with Crippen molar-refractivity contribution >= 4 is 35.0 Å². The number of para-hydroxylation sites is 1. The minimum absolute atomic E-state index is 0.102. The number of rotatable bonds is 8. The van der Waals surface area contributed by atoms with E-state index in [-0.39, 0.29) is 11.7 Å². The van der Waals surface area contributed by atoms with Crippen LogP contribution >= 0.6 is 11.8 Å². The minimum atomic E-state index is -0.408.